The second-order valence-electron chi connectivity index (χ2n) is 8.22. The monoisotopic (exact) mass is 295 g/mol. The third-order valence-corrected chi connectivity index (χ3v) is 5.38. The van der Waals surface area contributed by atoms with Crippen LogP contribution in [0.4, 0.5) is 0 Å². The van der Waals surface area contributed by atoms with Gasteiger partial charge in [0.05, 0.1) is 0 Å². The van der Waals surface area contributed by atoms with E-state index in [2.05, 4.69) is 49.7 Å². The molecule has 122 valence electrons. The minimum Gasteiger partial charge on any atom is -0.340 e. The predicted molar refractivity (Wildman–Crippen MR) is 87.3 cm³/mol. The number of nitrogens with one attached hydrogen (secondary N) is 1. The van der Waals surface area contributed by atoms with Crippen molar-refractivity contribution < 1.29 is 4.79 Å². The standard InChI is InChI=1S/C17H33N3O/c1-16(2,3)20-11-9-19(10-12-20)15(21)17(4,5)14-7-6-8-18-13-14/h14,18H,6-13H2,1-5H3. The zero-order valence-corrected chi connectivity index (χ0v) is 14.5. The lowest BCUT2D eigenvalue weighted by atomic mass is 9.74. The van der Waals surface area contributed by atoms with E-state index in [0.29, 0.717) is 11.8 Å². The molecular weight excluding hydrogens is 262 g/mol. The smallest absolute Gasteiger partial charge is 0.228 e. The van der Waals surface area contributed by atoms with Gasteiger partial charge >= 0.3 is 0 Å². The third-order valence-electron chi connectivity index (χ3n) is 5.38. The molecule has 0 bridgehead atoms. The van der Waals surface area contributed by atoms with Gasteiger partial charge in [-0.05, 0) is 52.6 Å². The summed E-state index contributed by atoms with van der Waals surface area (Å²) in [5, 5.41) is 3.45. The second kappa shape index (κ2) is 6.25. The van der Waals surface area contributed by atoms with E-state index in [0.717, 1.165) is 39.3 Å². The summed E-state index contributed by atoms with van der Waals surface area (Å²) in [6.45, 7) is 16.9. The number of hydrogen-bond acceptors (Lipinski definition) is 3. The quantitative estimate of drug-likeness (QED) is 0.846. The van der Waals surface area contributed by atoms with Crippen molar-refractivity contribution in [2.45, 2.75) is 53.0 Å². The van der Waals surface area contributed by atoms with Crippen LogP contribution in [0.2, 0.25) is 0 Å². The van der Waals surface area contributed by atoms with Crippen LogP contribution >= 0.6 is 0 Å². The lowest BCUT2D eigenvalue weighted by Crippen LogP contribution is -2.58. The largest absolute Gasteiger partial charge is 0.340 e. The lowest BCUT2D eigenvalue weighted by molar-refractivity contribution is -0.146. The SMILES string of the molecule is CC(C)(C(=O)N1CCN(C(C)(C)C)CC1)C1CCCNC1. The first-order valence-electron chi connectivity index (χ1n) is 8.48. The van der Waals surface area contributed by atoms with Crippen LogP contribution in [0, 0.1) is 11.3 Å². The maximum Gasteiger partial charge on any atom is 0.228 e. The first kappa shape index (κ1) is 16.8. The Morgan fingerprint density at radius 2 is 1.67 bits per heavy atom. The van der Waals surface area contributed by atoms with Crippen molar-refractivity contribution in [3.63, 3.8) is 0 Å². The molecular formula is C17H33N3O. The van der Waals surface area contributed by atoms with Crippen LogP contribution < -0.4 is 5.32 Å². The van der Waals surface area contributed by atoms with Crippen LogP contribution in [0.3, 0.4) is 0 Å². The Labute approximate surface area is 130 Å². The minimum absolute atomic E-state index is 0.206. The fourth-order valence-corrected chi connectivity index (χ4v) is 3.63. The Kier molecular flexibility index (Phi) is 4.99. The van der Waals surface area contributed by atoms with Gasteiger partial charge in [-0.15, -0.1) is 0 Å². The molecule has 0 aromatic rings. The highest BCUT2D eigenvalue weighted by molar-refractivity contribution is 5.82. The number of carbonyl (C=O) groups excluding carboxylic acids is 1. The Hall–Kier alpha value is -0.610. The van der Waals surface area contributed by atoms with E-state index < -0.39 is 0 Å². The molecule has 2 fully saturated rings. The van der Waals surface area contributed by atoms with Crippen LogP contribution in [0.15, 0.2) is 0 Å². The van der Waals surface area contributed by atoms with Crippen LogP contribution in [0.1, 0.15) is 47.5 Å². The number of piperidine rings is 1. The van der Waals surface area contributed by atoms with Crippen LogP contribution in [-0.2, 0) is 4.79 Å². The average Bonchev–Trinajstić information content (AvgIpc) is 2.46. The summed E-state index contributed by atoms with van der Waals surface area (Å²) >= 11 is 0. The van der Waals surface area contributed by atoms with Gasteiger partial charge in [0.15, 0.2) is 0 Å². The molecule has 2 rings (SSSR count). The average molecular weight is 295 g/mol. The molecule has 0 aromatic heterocycles. The van der Waals surface area contributed by atoms with Gasteiger partial charge in [0, 0.05) is 37.1 Å². The highest BCUT2D eigenvalue weighted by Gasteiger charge is 2.41. The van der Waals surface area contributed by atoms with Crippen LogP contribution in [0.5, 0.6) is 0 Å². The Morgan fingerprint density at radius 1 is 1.05 bits per heavy atom. The molecule has 4 nitrogen and oxygen atoms in total. The zero-order valence-electron chi connectivity index (χ0n) is 14.5. The summed E-state index contributed by atoms with van der Waals surface area (Å²) in [5.41, 5.74) is -0.0325. The maximum atomic E-state index is 13.0. The van der Waals surface area contributed by atoms with Crippen LogP contribution in [-0.4, -0.2) is 60.5 Å². The van der Waals surface area contributed by atoms with Gasteiger partial charge in [0.2, 0.25) is 5.91 Å². The third kappa shape index (κ3) is 3.78. The summed E-state index contributed by atoms with van der Waals surface area (Å²) in [4.78, 5) is 17.5. The fourth-order valence-electron chi connectivity index (χ4n) is 3.63. The number of rotatable bonds is 2. The summed E-state index contributed by atoms with van der Waals surface area (Å²) in [5.74, 6) is 0.823. The van der Waals surface area contributed by atoms with E-state index in [1.807, 2.05) is 0 Å². The van der Waals surface area contributed by atoms with Gasteiger partial charge in [0.1, 0.15) is 0 Å². The number of nitrogens with zero attached hydrogens (tertiary/aromatic N) is 2. The van der Waals surface area contributed by atoms with Crippen molar-refractivity contribution in [3.8, 4) is 0 Å². The highest BCUT2D eigenvalue weighted by Crippen LogP contribution is 2.34. The molecule has 4 heteroatoms. The molecule has 21 heavy (non-hydrogen) atoms. The summed E-state index contributed by atoms with van der Waals surface area (Å²) < 4.78 is 0. The molecule has 0 spiro atoms. The lowest BCUT2D eigenvalue weighted by Gasteiger charge is -2.45. The van der Waals surface area contributed by atoms with Gasteiger partial charge in [0.25, 0.3) is 0 Å². The summed E-state index contributed by atoms with van der Waals surface area (Å²) in [6.07, 6.45) is 2.37. The molecule has 1 amide bonds. The highest BCUT2D eigenvalue weighted by atomic mass is 16.2. The number of carbonyl (C=O) groups is 1. The predicted octanol–water partition coefficient (Wildman–Crippen LogP) is 1.95. The summed E-state index contributed by atoms with van der Waals surface area (Å²) in [7, 11) is 0. The van der Waals surface area contributed by atoms with E-state index in [1.54, 1.807) is 0 Å². The van der Waals surface area contributed by atoms with Crippen molar-refractivity contribution >= 4 is 5.91 Å². The topological polar surface area (TPSA) is 35.6 Å². The molecule has 0 aliphatic carbocycles. The molecule has 2 aliphatic heterocycles. The van der Waals surface area contributed by atoms with Crippen molar-refractivity contribution in [2.75, 3.05) is 39.3 Å². The van der Waals surface area contributed by atoms with Gasteiger partial charge in [-0.3, -0.25) is 9.69 Å². The maximum absolute atomic E-state index is 13.0. The molecule has 2 aliphatic rings. The number of piperazine rings is 1. The van der Waals surface area contributed by atoms with Crippen molar-refractivity contribution in [2.24, 2.45) is 11.3 Å². The molecule has 0 saturated carbocycles. The molecule has 0 aromatic carbocycles. The first-order chi connectivity index (χ1) is 9.73. The first-order valence-corrected chi connectivity index (χ1v) is 8.48. The number of hydrogen-bond donors (Lipinski definition) is 1. The molecule has 1 atom stereocenters. The Bertz CT molecular complexity index is 359. The van der Waals surface area contributed by atoms with E-state index in [4.69, 9.17) is 0 Å². The molecule has 2 heterocycles. The van der Waals surface area contributed by atoms with Crippen LogP contribution in [0.25, 0.3) is 0 Å². The Morgan fingerprint density at radius 3 is 2.14 bits per heavy atom. The van der Waals surface area contributed by atoms with Gasteiger partial charge in [-0.25, -0.2) is 0 Å². The van der Waals surface area contributed by atoms with Gasteiger partial charge < -0.3 is 10.2 Å². The van der Waals surface area contributed by atoms with Crippen molar-refractivity contribution in [1.82, 2.24) is 15.1 Å². The van der Waals surface area contributed by atoms with E-state index in [1.165, 1.54) is 12.8 Å². The van der Waals surface area contributed by atoms with Crippen molar-refractivity contribution in [3.05, 3.63) is 0 Å². The normalized spacial score (nSPS) is 26.0. The van der Waals surface area contributed by atoms with Gasteiger partial charge in [-0.1, -0.05) is 13.8 Å². The van der Waals surface area contributed by atoms with E-state index in [-0.39, 0.29) is 11.0 Å². The van der Waals surface area contributed by atoms with E-state index >= 15 is 0 Å². The number of amides is 1. The Balaban J connectivity index is 1.94. The minimum atomic E-state index is -0.239. The molecule has 1 unspecified atom stereocenters. The molecule has 2 saturated heterocycles. The van der Waals surface area contributed by atoms with Gasteiger partial charge in [-0.2, -0.15) is 0 Å². The molecule has 1 N–H and O–H groups in total. The molecule has 0 radical (unpaired) electrons. The second-order valence-corrected chi connectivity index (χ2v) is 8.22. The fraction of sp³-hybridized carbons (Fsp3) is 0.941. The van der Waals surface area contributed by atoms with Crippen molar-refractivity contribution in [1.29, 1.82) is 0 Å². The summed E-state index contributed by atoms with van der Waals surface area (Å²) in [6, 6.07) is 0. The zero-order chi connectivity index (χ0) is 15.7. The van der Waals surface area contributed by atoms with E-state index in [9.17, 15) is 4.79 Å².